The Morgan fingerprint density at radius 3 is 2.79 bits per heavy atom. The van der Waals surface area contributed by atoms with Crippen LogP contribution in [0, 0.1) is 5.92 Å². The molecule has 2 heteroatoms. The van der Waals surface area contributed by atoms with Gasteiger partial charge in [0.25, 0.3) is 0 Å². The van der Waals surface area contributed by atoms with Gasteiger partial charge in [-0.05, 0) is 30.5 Å². The van der Waals surface area contributed by atoms with Crippen molar-refractivity contribution in [3.63, 3.8) is 0 Å². The van der Waals surface area contributed by atoms with Gasteiger partial charge in [-0.15, -0.1) is 0 Å². The van der Waals surface area contributed by atoms with Gasteiger partial charge in [0.05, 0.1) is 6.61 Å². The topological polar surface area (TPSA) is 21.3 Å². The summed E-state index contributed by atoms with van der Waals surface area (Å²) in [6, 6.07) is 8.63. The molecule has 1 N–H and O–H groups in total. The maximum absolute atomic E-state index is 5.74. The van der Waals surface area contributed by atoms with Crippen molar-refractivity contribution in [1.82, 2.24) is 5.32 Å². The maximum atomic E-state index is 5.74. The third-order valence-electron chi connectivity index (χ3n) is 3.64. The molecule has 0 aromatic heterocycles. The summed E-state index contributed by atoms with van der Waals surface area (Å²) in [4.78, 5) is 0. The zero-order chi connectivity index (χ0) is 13.7. The summed E-state index contributed by atoms with van der Waals surface area (Å²) in [5, 5.41) is 3.59. The van der Waals surface area contributed by atoms with Gasteiger partial charge < -0.3 is 10.1 Å². The van der Waals surface area contributed by atoms with Crippen LogP contribution < -0.4 is 5.32 Å². The summed E-state index contributed by atoms with van der Waals surface area (Å²) in [6.07, 6.45) is 4.53. The van der Waals surface area contributed by atoms with Crippen LogP contribution in [0.2, 0.25) is 0 Å². The van der Waals surface area contributed by atoms with Crippen molar-refractivity contribution in [1.29, 1.82) is 0 Å². The van der Waals surface area contributed by atoms with Crippen molar-refractivity contribution < 1.29 is 4.74 Å². The molecule has 0 amide bonds. The van der Waals surface area contributed by atoms with E-state index in [9.17, 15) is 0 Å². The van der Waals surface area contributed by atoms with Crippen molar-refractivity contribution in [3.05, 3.63) is 41.5 Å². The van der Waals surface area contributed by atoms with Crippen LogP contribution in [-0.4, -0.2) is 26.3 Å². The lowest BCUT2D eigenvalue weighted by molar-refractivity contribution is 0.109. The van der Waals surface area contributed by atoms with Gasteiger partial charge in [-0.3, -0.25) is 0 Å². The number of nitrogens with one attached hydrogen (secondary N) is 1. The summed E-state index contributed by atoms with van der Waals surface area (Å²) in [5.41, 5.74) is 2.72. The molecular weight excluding hydrogens is 234 g/mol. The Morgan fingerprint density at radius 2 is 2.05 bits per heavy atom. The number of hydrogen-bond acceptors (Lipinski definition) is 2. The van der Waals surface area contributed by atoms with Crippen LogP contribution in [0.3, 0.4) is 0 Å². The van der Waals surface area contributed by atoms with Gasteiger partial charge in [-0.2, -0.15) is 0 Å². The number of hydrogen-bond donors (Lipinski definition) is 1. The molecule has 0 saturated heterocycles. The van der Waals surface area contributed by atoms with E-state index in [1.807, 2.05) is 0 Å². The van der Waals surface area contributed by atoms with Crippen LogP contribution in [0.15, 0.2) is 30.3 Å². The van der Waals surface area contributed by atoms with E-state index in [4.69, 9.17) is 4.74 Å². The van der Waals surface area contributed by atoms with Crippen molar-refractivity contribution in [3.8, 4) is 0 Å². The van der Waals surface area contributed by atoms with Gasteiger partial charge in [-0.1, -0.05) is 50.3 Å². The molecule has 1 unspecified atom stereocenters. The van der Waals surface area contributed by atoms with Crippen molar-refractivity contribution in [2.75, 3.05) is 26.3 Å². The van der Waals surface area contributed by atoms with E-state index in [0.717, 1.165) is 26.3 Å². The molecule has 2 rings (SSSR count). The summed E-state index contributed by atoms with van der Waals surface area (Å²) < 4.78 is 5.74. The predicted octanol–water partition coefficient (Wildman–Crippen LogP) is 3.23. The number of ether oxygens (including phenoxy) is 1. The zero-order valence-electron chi connectivity index (χ0n) is 12.3. The fourth-order valence-electron chi connectivity index (χ4n) is 2.63. The monoisotopic (exact) mass is 259 g/mol. The van der Waals surface area contributed by atoms with Gasteiger partial charge in [0, 0.05) is 18.6 Å². The van der Waals surface area contributed by atoms with Gasteiger partial charge >= 0.3 is 0 Å². The third-order valence-corrected chi connectivity index (χ3v) is 3.64. The average Bonchev–Trinajstić information content (AvgIpc) is 2.76. The molecule has 1 atom stereocenters. The molecule has 0 spiro atoms. The normalized spacial score (nSPS) is 21.1. The predicted molar refractivity (Wildman–Crippen MR) is 81.4 cm³/mol. The fourth-order valence-corrected chi connectivity index (χ4v) is 2.63. The van der Waals surface area contributed by atoms with Crippen LogP contribution in [0.5, 0.6) is 0 Å². The second-order valence-corrected chi connectivity index (χ2v) is 5.74. The Labute approximate surface area is 116 Å². The molecule has 0 saturated carbocycles. The molecule has 19 heavy (non-hydrogen) atoms. The highest BCUT2D eigenvalue weighted by Gasteiger charge is 2.34. The fraction of sp³-hybridized carbons (Fsp3) is 0.529. The summed E-state index contributed by atoms with van der Waals surface area (Å²) in [6.45, 7) is 10.0. The molecule has 104 valence electrons. The SMILES string of the molecule is CCOCC1(CNCC(C)C)C=Cc2ccccc21. The van der Waals surface area contributed by atoms with Gasteiger partial charge in [0.1, 0.15) is 0 Å². The number of benzene rings is 1. The molecule has 0 heterocycles. The van der Waals surface area contributed by atoms with E-state index in [1.165, 1.54) is 11.1 Å². The average molecular weight is 259 g/mol. The highest BCUT2D eigenvalue weighted by molar-refractivity contribution is 5.65. The largest absolute Gasteiger partial charge is 0.380 e. The maximum Gasteiger partial charge on any atom is 0.0610 e. The molecular formula is C17H25NO. The highest BCUT2D eigenvalue weighted by atomic mass is 16.5. The Kier molecular flexibility index (Phi) is 4.78. The van der Waals surface area contributed by atoms with E-state index >= 15 is 0 Å². The summed E-state index contributed by atoms with van der Waals surface area (Å²) in [5.74, 6) is 0.671. The van der Waals surface area contributed by atoms with Crippen LogP contribution in [0.4, 0.5) is 0 Å². The minimum Gasteiger partial charge on any atom is -0.380 e. The Hall–Kier alpha value is -1.12. The lowest BCUT2D eigenvalue weighted by Gasteiger charge is -2.30. The van der Waals surface area contributed by atoms with E-state index in [-0.39, 0.29) is 5.41 Å². The van der Waals surface area contributed by atoms with Crippen LogP contribution in [0.25, 0.3) is 6.08 Å². The summed E-state index contributed by atoms with van der Waals surface area (Å²) >= 11 is 0. The third kappa shape index (κ3) is 3.26. The molecule has 1 aromatic carbocycles. The van der Waals surface area contributed by atoms with E-state index in [0.29, 0.717) is 5.92 Å². The quantitative estimate of drug-likeness (QED) is 0.811. The molecule has 0 radical (unpaired) electrons. The lowest BCUT2D eigenvalue weighted by Crippen LogP contribution is -2.40. The smallest absolute Gasteiger partial charge is 0.0610 e. The van der Waals surface area contributed by atoms with Gasteiger partial charge in [-0.25, -0.2) is 0 Å². The Bertz CT molecular complexity index is 439. The molecule has 2 nitrogen and oxygen atoms in total. The van der Waals surface area contributed by atoms with E-state index in [2.05, 4.69) is 62.5 Å². The Morgan fingerprint density at radius 1 is 1.26 bits per heavy atom. The summed E-state index contributed by atoms with van der Waals surface area (Å²) in [7, 11) is 0. The molecule has 0 aliphatic heterocycles. The van der Waals surface area contributed by atoms with Crippen LogP contribution >= 0.6 is 0 Å². The minimum atomic E-state index is 0.00148. The first-order valence-corrected chi connectivity index (χ1v) is 7.25. The minimum absolute atomic E-state index is 0.00148. The first-order chi connectivity index (χ1) is 9.18. The number of rotatable bonds is 7. The second kappa shape index (κ2) is 6.36. The lowest BCUT2D eigenvalue weighted by atomic mass is 9.83. The van der Waals surface area contributed by atoms with Crippen molar-refractivity contribution >= 4 is 6.08 Å². The van der Waals surface area contributed by atoms with Gasteiger partial charge in [0.2, 0.25) is 0 Å². The van der Waals surface area contributed by atoms with Crippen LogP contribution in [0.1, 0.15) is 31.9 Å². The van der Waals surface area contributed by atoms with Crippen molar-refractivity contribution in [2.45, 2.75) is 26.2 Å². The molecule has 1 aliphatic carbocycles. The number of fused-ring (bicyclic) bond motifs is 1. The second-order valence-electron chi connectivity index (χ2n) is 5.74. The van der Waals surface area contributed by atoms with Crippen molar-refractivity contribution in [2.24, 2.45) is 5.92 Å². The van der Waals surface area contributed by atoms with E-state index in [1.54, 1.807) is 0 Å². The zero-order valence-corrected chi connectivity index (χ0v) is 12.3. The molecule has 1 aliphatic rings. The first-order valence-electron chi connectivity index (χ1n) is 7.25. The molecule has 0 fully saturated rings. The molecule has 0 bridgehead atoms. The first kappa shape index (κ1) is 14.3. The molecule has 1 aromatic rings. The van der Waals surface area contributed by atoms with Gasteiger partial charge in [0.15, 0.2) is 0 Å². The van der Waals surface area contributed by atoms with Crippen LogP contribution in [-0.2, 0) is 10.2 Å². The van der Waals surface area contributed by atoms with E-state index < -0.39 is 0 Å². The Balaban J connectivity index is 2.15. The standard InChI is InChI=1S/C17H25NO/c1-4-19-13-17(12-18-11-14(2)3)10-9-15-7-5-6-8-16(15)17/h5-10,14,18H,4,11-13H2,1-3H3. The highest BCUT2D eigenvalue weighted by Crippen LogP contribution is 2.35.